The second kappa shape index (κ2) is 5.72. The molecule has 2 heterocycles. The van der Waals surface area contributed by atoms with Crippen molar-refractivity contribution in [3.63, 3.8) is 0 Å². The summed E-state index contributed by atoms with van der Waals surface area (Å²) in [7, 11) is 1.71. The van der Waals surface area contributed by atoms with Crippen LogP contribution in [0.1, 0.15) is 13.3 Å². The van der Waals surface area contributed by atoms with Crippen LogP contribution in [0, 0.1) is 10.1 Å². The van der Waals surface area contributed by atoms with E-state index in [1.54, 1.807) is 18.0 Å². The molecule has 1 amide bonds. The van der Waals surface area contributed by atoms with E-state index < -0.39 is 11.0 Å². The summed E-state index contributed by atoms with van der Waals surface area (Å²) in [5.74, 6) is 0.594. The van der Waals surface area contributed by atoms with Gasteiger partial charge in [0, 0.05) is 26.2 Å². The third-order valence-electron chi connectivity index (χ3n) is 3.17. The molecule has 1 aliphatic rings. The molecule has 0 saturated carbocycles. The number of likely N-dealkylation sites (N-methyl/N-ethyl adjacent to an activating group) is 1. The molecule has 1 fully saturated rings. The second-order valence-electron chi connectivity index (χ2n) is 4.60. The smallest absolute Gasteiger partial charge is 0.311 e. The molecule has 2 rings (SSSR count). The molecule has 8 heteroatoms. The van der Waals surface area contributed by atoms with Crippen LogP contribution >= 0.6 is 0 Å². The highest BCUT2D eigenvalue weighted by atomic mass is 16.6. The topological polar surface area (TPSA) is 100 Å². The van der Waals surface area contributed by atoms with Crippen molar-refractivity contribution in [1.82, 2.24) is 9.88 Å². The van der Waals surface area contributed by atoms with Crippen molar-refractivity contribution in [2.75, 3.05) is 30.8 Å². The molecule has 1 aliphatic heterocycles. The Morgan fingerprint density at radius 3 is 2.85 bits per heavy atom. The van der Waals surface area contributed by atoms with E-state index >= 15 is 0 Å². The maximum Gasteiger partial charge on any atom is 0.311 e. The fourth-order valence-electron chi connectivity index (χ4n) is 2.11. The van der Waals surface area contributed by atoms with E-state index in [4.69, 9.17) is 0 Å². The maximum absolute atomic E-state index is 11.9. The Morgan fingerprint density at radius 2 is 2.30 bits per heavy atom. The molecule has 1 atom stereocenters. The Bertz CT molecular complexity index is 534. The number of pyridine rings is 1. The lowest BCUT2D eigenvalue weighted by molar-refractivity contribution is -0.384. The van der Waals surface area contributed by atoms with Crippen LogP contribution in [-0.4, -0.2) is 46.9 Å². The number of aromatic nitrogens is 1. The second-order valence-corrected chi connectivity index (χ2v) is 4.60. The summed E-state index contributed by atoms with van der Waals surface area (Å²) in [4.78, 5) is 28.1. The largest absolute Gasteiger partial charge is 0.370 e. The fraction of sp³-hybridized carbons (Fsp3) is 0.500. The number of amides is 1. The first-order valence-electron chi connectivity index (χ1n) is 6.43. The van der Waals surface area contributed by atoms with E-state index in [1.807, 2.05) is 6.92 Å². The molecule has 8 nitrogen and oxygen atoms in total. The van der Waals surface area contributed by atoms with Crippen molar-refractivity contribution >= 4 is 23.2 Å². The summed E-state index contributed by atoms with van der Waals surface area (Å²) >= 11 is 0. The van der Waals surface area contributed by atoms with Crippen molar-refractivity contribution in [3.05, 3.63) is 22.2 Å². The summed E-state index contributed by atoms with van der Waals surface area (Å²) in [6, 6.07) is 2.48. The van der Waals surface area contributed by atoms with Gasteiger partial charge in [-0.15, -0.1) is 0 Å². The first-order chi connectivity index (χ1) is 9.52. The van der Waals surface area contributed by atoms with Gasteiger partial charge in [0.15, 0.2) is 0 Å². The molecule has 20 heavy (non-hydrogen) atoms. The summed E-state index contributed by atoms with van der Waals surface area (Å²) in [6.45, 7) is 3.21. The monoisotopic (exact) mass is 279 g/mol. The average Bonchev–Trinajstić information content (AvgIpc) is 2.71. The molecule has 0 aromatic carbocycles. The van der Waals surface area contributed by atoms with Gasteiger partial charge in [0.25, 0.3) is 0 Å². The lowest BCUT2D eigenvalue weighted by Gasteiger charge is -2.13. The van der Waals surface area contributed by atoms with Gasteiger partial charge in [-0.1, -0.05) is 0 Å². The van der Waals surface area contributed by atoms with E-state index in [-0.39, 0.29) is 17.4 Å². The van der Waals surface area contributed by atoms with Crippen LogP contribution in [0.4, 0.5) is 17.3 Å². The number of carbonyl (C=O) groups is 1. The van der Waals surface area contributed by atoms with E-state index in [9.17, 15) is 14.9 Å². The average molecular weight is 279 g/mol. The molecule has 0 spiro atoms. The number of rotatable bonds is 5. The highest BCUT2D eigenvalue weighted by Gasteiger charge is 2.31. The predicted molar refractivity (Wildman–Crippen MR) is 74.7 cm³/mol. The molecule has 0 radical (unpaired) electrons. The highest BCUT2D eigenvalue weighted by Crippen LogP contribution is 2.26. The van der Waals surface area contributed by atoms with Crippen LogP contribution in [0.15, 0.2) is 12.1 Å². The SMILES string of the molecule is CCNc1ccc([N+](=O)[O-])c(NC2CCN(C)C2=O)n1. The summed E-state index contributed by atoms with van der Waals surface area (Å²) < 4.78 is 0. The van der Waals surface area contributed by atoms with Crippen molar-refractivity contribution in [3.8, 4) is 0 Å². The van der Waals surface area contributed by atoms with Crippen LogP contribution in [0.3, 0.4) is 0 Å². The van der Waals surface area contributed by atoms with E-state index in [0.717, 1.165) is 0 Å². The van der Waals surface area contributed by atoms with Crippen LogP contribution in [0.5, 0.6) is 0 Å². The summed E-state index contributed by atoms with van der Waals surface area (Å²) in [5.41, 5.74) is -0.131. The molecular weight excluding hydrogens is 262 g/mol. The third-order valence-corrected chi connectivity index (χ3v) is 3.17. The van der Waals surface area contributed by atoms with Gasteiger partial charge in [-0.3, -0.25) is 14.9 Å². The zero-order valence-electron chi connectivity index (χ0n) is 11.4. The fourth-order valence-corrected chi connectivity index (χ4v) is 2.11. The maximum atomic E-state index is 11.9. The zero-order valence-corrected chi connectivity index (χ0v) is 11.4. The molecule has 1 saturated heterocycles. The Hall–Kier alpha value is -2.38. The molecule has 1 aromatic rings. The normalized spacial score (nSPS) is 18.2. The van der Waals surface area contributed by atoms with Crippen LogP contribution in [0.25, 0.3) is 0 Å². The van der Waals surface area contributed by atoms with Gasteiger partial charge in [0.1, 0.15) is 11.9 Å². The van der Waals surface area contributed by atoms with Crippen molar-refractivity contribution in [2.45, 2.75) is 19.4 Å². The number of nitrogens with zero attached hydrogens (tertiary/aromatic N) is 3. The first kappa shape index (κ1) is 14.0. The quantitative estimate of drug-likeness (QED) is 0.617. The Morgan fingerprint density at radius 1 is 1.55 bits per heavy atom. The molecular formula is C12H17N5O3. The lowest BCUT2D eigenvalue weighted by Crippen LogP contribution is -2.31. The van der Waals surface area contributed by atoms with Crippen LogP contribution in [0.2, 0.25) is 0 Å². The molecule has 1 unspecified atom stereocenters. The predicted octanol–water partition coefficient (Wildman–Crippen LogP) is 1.06. The Labute approximate surface area is 116 Å². The number of anilines is 2. The van der Waals surface area contributed by atoms with Gasteiger partial charge >= 0.3 is 5.69 Å². The van der Waals surface area contributed by atoms with Gasteiger partial charge in [0.05, 0.1) is 4.92 Å². The summed E-state index contributed by atoms with van der Waals surface area (Å²) in [5, 5.41) is 16.9. The summed E-state index contributed by atoms with van der Waals surface area (Å²) in [6.07, 6.45) is 0.611. The van der Waals surface area contributed by atoms with E-state index in [1.165, 1.54) is 6.07 Å². The van der Waals surface area contributed by atoms with Crippen LogP contribution in [-0.2, 0) is 4.79 Å². The van der Waals surface area contributed by atoms with Crippen molar-refractivity contribution in [2.24, 2.45) is 0 Å². The van der Waals surface area contributed by atoms with E-state index in [0.29, 0.717) is 25.3 Å². The lowest BCUT2D eigenvalue weighted by atomic mass is 10.2. The van der Waals surface area contributed by atoms with Gasteiger partial charge in [-0.25, -0.2) is 4.98 Å². The van der Waals surface area contributed by atoms with Gasteiger partial charge in [-0.2, -0.15) is 0 Å². The number of hydrogen-bond donors (Lipinski definition) is 2. The third kappa shape index (κ3) is 2.79. The Kier molecular flexibility index (Phi) is 4.02. The van der Waals surface area contributed by atoms with Crippen molar-refractivity contribution < 1.29 is 9.72 Å². The number of carbonyl (C=O) groups excluding carboxylic acids is 1. The number of nitrogens with one attached hydrogen (secondary N) is 2. The van der Waals surface area contributed by atoms with Gasteiger partial charge in [0.2, 0.25) is 11.7 Å². The Balaban J connectivity index is 2.26. The van der Waals surface area contributed by atoms with Gasteiger partial charge < -0.3 is 15.5 Å². The number of likely N-dealkylation sites (tertiary alicyclic amines) is 1. The first-order valence-corrected chi connectivity index (χ1v) is 6.43. The van der Waals surface area contributed by atoms with Gasteiger partial charge in [-0.05, 0) is 19.4 Å². The number of nitro groups is 1. The van der Waals surface area contributed by atoms with Crippen molar-refractivity contribution in [1.29, 1.82) is 0 Å². The zero-order chi connectivity index (χ0) is 14.7. The minimum absolute atomic E-state index is 0.0741. The number of hydrogen-bond acceptors (Lipinski definition) is 6. The highest BCUT2D eigenvalue weighted by molar-refractivity contribution is 5.87. The molecule has 1 aromatic heterocycles. The van der Waals surface area contributed by atoms with Crippen LogP contribution < -0.4 is 10.6 Å². The minimum atomic E-state index is -0.506. The molecule has 2 N–H and O–H groups in total. The minimum Gasteiger partial charge on any atom is -0.370 e. The molecule has 0 bridgehead atoms. The molecule has 0 aliphatic carbocycles. The van der Waals surface area contributed by atoms with E-state index in [2.05, 4.69) is 15.6 Å². The molecule has 108 valence electrons. The standard InChI is InChI=1S/C12H17N5O3/c1-3-13-10-5-4-9(17(19)20)11(15-10)14-8-6-7-16(2)12(8)18/h4-5,8H,3,6-7H2,1-2H3,(H2,13,14,15).